The average Bonchev–Trinajstić information content (AvgIpc) is 3.84. The first kappa shape index (κ1) is 35.1. The van der Waals surface area contributed by atoms with Crippen LogP contribution >= 0.6 is 0 Å². The molecule has 286 valence electrons. The number of benzene rings is 9. The largest absolute Gasteiger partial charge is 0.456 e. The smallest absolute Gasteiger partial charge is 0.160 e. The van der Waals surface area contributed by atoms with Gasteiger partial charge >= 0.3 is 0 Å². The lowest BCUT2D eigenvalue weighted by Gasteiger charge is -2.28. The molecule has 0 spiro atoms. The molecule has 0 aliphatic heterocycles. The van der Waals surface area contributed by atoms with E-state index in [4.69, 9.17) is 14.4 Å². The first-order valence-corrected chi connectivity index (χ1v) is 20.9. The van der Waals surface area contributed by atoms with Crippen LogP contribution in [0.1, 0.15) is 23.6 Å². The predicted molar refractivity (Wildman–Crippen MR) is 251 cm³/mol. The van der Waals surface area contributed by atoms with E-state index in [0.29, 0.717) is 5.82 Å². The lowest BCUT2D eigenvalue weighted by Crippen LogP contribution is -2.22. The van der Waals surface area contributed by atoms with Gasteiger partial charge in [0.05, 0.1) is 11.4 Å². The van der Waals surface area contributed by atoms with Gasteiger partial charge in [0.1, 0.15) is 11.2 Å². The molecule has 2 heterocycles. The van der Waals surface area contributed by atoms with E-state index >= 15 is 0 Å². The summed E-state index contributed by atoms with van der Waals surface area (Å²) in [4.78, 5) is 10.7. The van der Waals surface area contributed by atoms with Crippen LogP contribution in [0.4, 0.5) is 0 Å². The number of fused-ring (bicyclic) bond motifs is 7. The summed E-state index contributed by atoms with van der Waals surface area (Å²) < 4.78 is 6.26. The molecule has 2 aromatic heterocycles. The maximum absolute atomic E-state index is 6.26. The number of hydrogen-bond donors (Lipinski definition) is 0. The summed E-state index contributed by atoms with van der Waals surface area (Å²) in [6.45, 7) is 2.36. The number of rotatable bonds is 6. The summed E-state index contributed by atoms with van der Waals surface area (Å²) >= 11 is 0. The van der Waals surface area contributed by atoms with Crippen molar-refractivity contribution in [1.29, 1.82) is 0 Å². The van der Waals surface area contributed by atoms with Gasteiger partial charge in [0, 0.05) is 32.9 Å². The molecule has 3 heteroatoms. The Labute approximate surface area is 354 Å². The molecule has 0 saturated carbocycles. The zero-order chi connectivity index (χ0) is 40.5. The quantitative estimate of drug-likeness (QED) is 0.169. The Kier molecular flexibility index (Phi) is 7.98. The second-order valence-corrected chi connectivity index (χ2v) is 16.3. The van der Waals surface area contributed by atoms with Crippen molar-refractivity contribution in [2.24, 2.45) is 0 Å². The van der Waals surface area contributed by atoms with Gasteiger partial charge in [-0.15, -0.1) is 0 Å². The maximum atomic E-state index is 6.26. The summed E-state index contributed by atoms with van der Waals surface area (Å²) in [6.07, 6.45) is 0. The van der Waals surface area contributed by atoms with Crippen molar-refractivity contribution < 1.29 is 4.42 Å². The molecule has 0 bridgehead atoms. The topological polar surface area (TPSA) is 38.9 Å². The van der Waals surface area contributed by atoms with Crippen molar-refractivity contribution in [2.75, 3.05) is 0 Å². The van der Waals surface area contributed by atoms with Crippen molar-refractivity contribution >= 4 is 32.7 Å². The van der Waals surface area contributed by atoms with Crippen LogP contribution < -0.4 is 0 Å². The molecular weight excluding hydrogens is 741 g/mol. The standard InChI is InChI=1S/C58H38N2O/c1-58(44-19-6-3-7-20-44)51-25-12-10-22-47(51)48-29-27-40(35-52(48)58)53-36-54(60-57(59-53)38-16-4-2-5-17-38)43-32-41(31-42(33-43)46-24-14-18-37-15-8-9-21-45(37)46)39-28-30-56-50(34-39)49-23-11-13-26-55(49)61-56/h2-36H,1H3. The van der Waals surface area contributed by atoms with E-state index in [1.165, 1.54) is 44.2 Å². The molecule has 12 rings (SSSR count). The van der Waals surface area contributed by atoms with Gasteiger partial charge < -0.3 is 4.42 Å². The van der Waals surface area contributed by atoms with Crippen LogP contribution in [0.5, 0.6) is 0 Å². The van der Waals surface area contributed by atoms with E-state index in [9.17, 15) is 0 Å². The van der Waals surface area contributed by atoms with Crippen molar-refractivity contribution in [3.05, 3.63) is 229 Å². The predicted octanol–water partition coefficient (Wildman–Crippen LogP) is 15.2. The fraction of sp³-hybridized carbons (Fsp3) is 0.0345. The Bertz CT molecular complexity index is 3490. The van der Waals surface area contributed by atoms with Gasteiger partial charge in [0.25, 0.3) is 0 Å². The van der Waals surface area contributed by atoms with Gasteiger partial charge in [-0.25, -0.2) is 9.97 Å². The summed E-state index contributed by atoms with van der Waals surface area (Å²) in [5.41, 5.74) is 17.1. The number of aromatic nitrogens is 2. The fourth-order valence-electron chi connectivity index (χ4n) is 9.67. The van der Waals surface area contributed by atoms with Gasteiger partial charge in [0.2, 0.25) is 0 Å². The molecule has 1 aliphatic carbocycles. The van der Waals surface area contributed by atoms with Gasteiger partial charge in [-0.3, -0.25) is 0 Å². The van der Waals surface area contributed by atoms with Crippen LogP contribution in [-0.4, -0.2) is 9.97 Å². The van der Waals surface area contributed by atoms with Crippen LogP contribution in [0.2, 0.25) is 0 Å². The molecule has 0 fully saturated rings. The van der Waals surface area contributed by atoms with Crippen molar-refractivity contribution in [3.63, 3.8) is 0 Å². The van der Waals surface area contributed by atoms with E-state index in [0.717, 1.165) is 66.7 Å². The summed E-state index contributed by atoms with van der Waals surface area (Å²) in [7, 11) is 0. The minimum Gasteiger partial charge on any atom is -0.456 e. The second-order valence-electron chi connectivity index (χ2n) is 16.3. The van der Waals surface area contributed by atoms with Gasteiger partial charge in [-0.2, -0.15) is 0 Å². The first-order chi connectivity index (χ1) is 30.1. The highest BCUT2D eigenvalue weighted by atomic mass is 16.3. The van der Waals surface area contributed by atoms with Crippen LogP contribution in [0.15, 0.2) is 217 Å². The van der Waals surface area contributed by atoms with Crippen LogP contribution in [0.3, 0.4) is 0 Å². The fourth-order valence-corrected chi connectivity index (χ4v) is 9.67. The number of para-hydroxylation sites is 1. The first-order valence-electron chi connectivity index (χ1n) is 20.9. The molecule has 1 unspecified atom stereocenters. The molecule has 61 heavy (non-hydrogen) atoms. The molecule has 3 nitrogen and oxygen atoms in total. The van der Waals surface area contributed by atoms with Crippen molar-refractivity contribution in [2.45, 2.75) is 12.3 Å². The minimum absolute atomic E-state index is 0.329. The van der Waals surface area contributed by atoms with Crippen LogP contribution in [0, 0.1) is 0 Å². The molecule has 9 aromatic carbocycles. The van der Waals surface area contributed by atoms with Gasteiger partial charge in [-0.1, -0.05) is 164 Å². The van der Waals surface area contributed by atoms with Crippen molar-refractivity contribution in [1.82, 2.24) is 9.97 Å². The van der Waals surface area contributed by atoms with Crippen LogP contribution in [-0.2, 0) is 5.41 Å². The Morgan fingerprint density at radius 1 is 0.361 bits per heavy atom. The number of furan rings is 1. The Morgan fingerprint density at radius 2 is 0.984 bits per heavy atom. The third-order valence-electron chi connectivity index (χ3n) is 12.8. The third-order valence-corrected chi connectivity index (χ3v) is 12.8. The lowest BCUT2D eigenvalue weighted by molar-refractivity contribution is 0.669. The molecule has 0 N–H and O–H groups in total. The molecule has 1 aliphatic rings. The van der Waals surface area contributed by atoms with Gasteiger partial charge in [0.15, 0.2) is 5.82 Å². The number of nitrogens with zero attached hydrogens (tertiary/aromatic N) is 2. The third kappa shape index (κ3) is 5.73. The molecule has 11 aromatic rings. The van der Waals surface area contributed by atoms with E-state index in [-0.39, 0.29) is 5.41 Å². The highest BCUT2D eigenvalue weighted by Crippen LogP contribution is 2.53. The van der Waals surface area contributed by atoms with Crippen LogP contribution in [0.25, 0.3) is 100.0 Å². The zero-order valence-electron chi connectivity index (χ0n) is 33.5. The molecule has 0 radical (unpaired) electrons. The average molecular weight is 779 g/mol. The minimum atomic E-state index is -0.329. The normalized spacial score (nSPS) is 14.4. The zero-order valence-corrected chi connectivity index (χ0v) is 33.5. The monoisotopic (exact) mass is 778 g/mol. The Morgan fingerprint density at radius 3 is 1.85 bits per heavy atom. The molecule has 0 amide bonds. The van der Waals surface area contributed by atoms with Crippen molar-refractivity contribution in [3.8, 4) is 67.3 Å². The summed E-state index contributed by atoms with van der Waals surface area (Å²) in [6, 6.07) is 76.0. The Hall–Kier alpha value is -7.88. The lowest BCUT2D eigenvalue weighted by atomic mass is 9.74. The number of hydrogen-bond acceptors (Lipinski definition) is 3. The van der Waals surface area contributed by atoms with E-state index in [1.54, 1.807) is 0 Å². The second kappa shape index (κ2) is 13.9. The molecule has 1 atom stereocenters. The van der Waals surface area contributed by atoms with E-state index < -0.39 is 0 Å². The van der Waals surface area contributed by atoms with E-state index in [1.807, 2.05) is 18.2 Å². The Balaban J connectivity index is 1.08. The molecule has 0 saturated heterocycles. The molecular formula is C58H38N2O. The summed E-state index contributed by atoms with van der Waals surface area (Å²) in [5, 5.41) is 4.62. The highest BCUT2D eigenvalue weighted by Gasteiger charge is 2.40. The van der Waals surface area contributed by atoms with E-state index in [2.05, 4.69) is 201 Å². The summed E-state index contributed by atoms with van der Waals surface area (Å²) in [5.74, 6) is 0.686. The maximum Gasteiger partial charge on any atom is 0.160 e. The SMILES string of the molecule is CC1(c2ccccc2)c2ccccc2-c2ccc(-c3cc(-c4cc(-c5ccc6oc7ccccc7c6c5)cc(-c5cccc6ccccc56)c4)nc(-c4ccccc4)n3)cc21. The van der Waals surface area contributed by atoms with Gasteiger partial charge in [-0.05, 0) is 116 Å². The highest BCUT2D eigenvalue weighted by molar-refractivity contribution is 6.06.